The minimum absolute atomic E-state index is 0.0245. The Morgan fingerprint density at radius 3 is 1.84 bits per heavy atom. The van der Waals surface area contributed by atoms with Crippen molar-refractivity contribution >= 4 is 43.0 Å². The van der Waals surface area contributed by atoms with Gasteiger partial charge in [0.2, 0.25) is 11.8 Å². The minimum Gasteiger partial charge on any atom is -0.463 e. The van der Waals surface area contributed by atoms with Crippen molar-refractivity contribution in [2.75, 3.05) is 25.4 Å². The van der Waals surface area contributed by atoms with E-state index in [4.69, 9.17) is 4.74 Å². The summed E-state index contributed by atoms with van der Waals surface area (Å²) < 4.78 is 5.93. The van der Waals surface area contributed by atoms with Gasteiger partial charge < -0.3 is 15.4 Å². The van der Waals surface area contributed by atoms with Crippen molar-refractivity contribution in [3.8, 4) is 0 Å². The van der Waals surface area contributed by atoms with E-state index in [0.29, 0.717) is 31.1 Å². The van der Waals surface area contributed by atoms with Crippen molar-refractivity contribution in [1.82, 2.24) is 10.6 Å². The Morgan fingerprint density at radius 2 is 1.34 bits per heavy atom. The van der Waals surface area contributed by atoms with Crippen LogP contribution in [-0.2, 0) is 19.1 Å². The molecule has 0 saturated heterocycles. The molecule has 6 nitrogen and oxygen atoms in total. The number of ether oxygens (including phenoxy) is 1. The summed E-state index contributed by atoms with van der Waals surface area (Å²) in [5.74, 6) is 0.613. The maximum absolute atomic E-state index is 14.1. The van der Waals surface area contributed by atoms with Gasteiger partial charge in [0.25, 0.3) is 0 Å². The number of carbonyl (C=O) groups is 3. The Labute approximate surface area is 283 Å². The zero-order chi connectivity index (χ0) is 34.6. The lowest BCUT2D eigenvalue weighted by Gasteiger charge is -2.57. The minimum atomic E-state index is -0.841. The number of thiol groups is 2. The molecule has 0 aromatic carbocycles. The summed E-state index contributed by atoms with van der Waals surface area (Å²) in [6.45, 7) is 28.9. The average molecular weight is 659 g/mol. The summed E-state index contributed by atoms with van der Waals surface area (Å²) in [6, 6.07) is 0. The molecular weight excluding hydrogens is 589 g/mol. The van der Waals surface area contributed by atoms with Gasteiger partial charge in [-0.3, -0.25) is 14.4 Å². The van der Waals surface area contributed by atoms with Crippen LogP contribution in [0.25, 0.3) is 0 Å². The van der Waals surface area contributed by atoms with Crippen LogP contribution in [0.15, 0.2) is 0 Å². The third-order valence-corrected chi connectivity index (χ3v) is 11.3. The molecule has 3 atom stereocenters. The highest BCUT2D eigenvalue weighted by Gasteiger charge is 2.59. The van der Waals surface area contributed by atoms with Crippen LogP contribution in [-0.4, -0.2) is 48.5 Å². The quantitative estimate of drug-likeness (QED) is 0.0599. The van der Waals surface area contributed by atoms with Crippen molar-refractivity contribution in [3.05, 3.63) is 0 Å². The molecule has 0 rings (SSSR count). The van der Waals surface area contributed by atoms with Gasteiger partial charge in [-0.1, -0.05) is 95.9 Å². The van der Waals surface area contributed by atoms with Crippen LogP contribution in [0.3, 0.4) is 0 Å². The second kappa shape index (κ2) is 17.9. The Morgan fingerprint density at radius 1 is 0.750 bits per heavy atom. The molecule has 0 saturated carbocycles. The predicted molar refractivity (Wildman–Crippen MR) is 194 cm³/mol. The molecule has 0 aromatic rings. The van der Waals surface area contributed by atoms with E-state index in [9.17, 15) is 14.4 Å². The summed E-state index contributed by atoms with van der Waals surface area (Å²) in [5, 5.41) is 6.44. The molecule has 0 fully saturated rings. The largest absolute Gasteiger partial charge is 0.463 e. The molecule has 0 aliphatic rings. The smallest absolute Gasteiger partial charge is 0.312 e. The molecule has 2 amide bonds. The monoisotopic (exact) mass is 658 g/mol. The van der Waals surface area contributed by atoms with Crippen LogP contribution in [0, 0.1) is 32.5 Å². The van der Waals surface area contributed by atoms with Gasteiger partial charge in [0.15, 0.2) is 0 Å². The highest BCUT2D eigenvalue weighted by atomic mass is 32.1. The number of carbonyl (C=O) groups excluding carboxylic acids is 3. The highest BCUT2D eigenvalue weighted by Crippen LogP contribution is 2.61. The number of hydrogen-bond acceptors (Lipinski definition) is 6. The standard InChI is InChI=1S/C36H70N2O4S2/c1-14-15-21-38-29(40)35(12,32(5,6)7)26-33(8,9)34(10,11)36(13,25-31(2,3)4)30(41)42-23-22-37-28(39)19-17-16-18-27(44)20-24-43/h27,43-44H,14-26H2,1-13H3,(H,37,39)(H,38,40). The van der Waals surface area contributed by atoms with Crippen molar-refractivity contribution in [2.45, 2.75) is 153 Å². The molecule has 0 radical (unpaired) electrons. The number of unbranched alkanes of at least 4 members (excludes halogenated alkanes) is 2. The zero-order valence-electron chi connectivity index (χ0n) is 30.8. The van der Waals surface area contributed by atoms with Crippen molar-refractivity contribution < 1.29 is 19.1 Å². The number of hydrogen-bond donors (Lipinski definition) is 4. The van der Waals surface area contributed by atoms with Gasteiger partial charge in [0, 0.05) is 18.2 Å². The van der Waals surface area contributed by atoms with Gasteiger partial charge in [0.1, 0.15) is 6.61 Å². The predicted octanol–water partition coefficient (Wildman–Crippen LogP) is 8.68. The highest BCUT2D eigenvalue weighted by molar-refractivity contribution is 7.81. The first-order valence-electron chi connectivity index (χ1n) is 16.9. The van der Waals surface area contributed by atoms with E-state index in [1.54, 1.807) is 0 Å². The molecule has 44 heavy (non-hydrogen) atoms. The van der Waals surface area contributed by atoms with E-state index in [2.05, 4.69) is 119 Å². The maximum atomic E-state index is 14.1. The van der Waals surface area contributed by atoms with Crippen molar-refractivity contribution in [3.63, 3.8) is 0 Å². The van der Waals surface area contributed by atoms with Gasteiger partial charge in [-0.2, -0.15) is 25.3 Å². The first kappa shape index (κ1) is 43.1. The summed E-state index contributed by atoms with van der Waals surface area (Å²) in [6.07, 6.45) is 7.37. The fourth-order valence-electron chi connectivity index (χ4n) is 6.26. The van der Waals surface area contributed by atoms with E-state index in [1.807, 2.05) is 6.92 Å². The second-order valence-corrected chi connectivity index (χ2v) is 18.0. The summed E-state index contributed by atoms with van der Waals surface area (Å²) >= 11 is 8.80. The zero-order valence-corrected chi connectivity index (χ0v) is 32.6. The second-order valence-electron chi connectivity index (χ2n) is 16.8. The summed E-state index contributed by atoms with van der Waals surface area (Å²) in [4.78, 5) is 40.2. The molecule has 0 aliphatic heterocycles. The molecule has 260 valence electrons. The Balaban J connectivity index is 5.77. The summed E-state index contributed by atoms with van der Waals surface area (Å²) in [7, 11) is 0. The first-order valence-corrected chi connectivity index (χ1v) is 18.1. The van der Waals surface area contributed by atoms with Crippen LogP contribution in [0.4, 0.5) is 0 Å². The normalized spacial score (nSPS) is 16.4. The van der Waals surface area contributed by atoms with Gasteiger partial charge in [-0.05, 0) is 72.9 Å². The lowest BCUT2D eigenvalue weighted by molar-refractivity contribution is -0.177. The van der Waals surface area contributed by atoms with Gasteiger partial charge >= 0.3 is 5.97 Å². The topological polar surface area (TPSA) is 84.5 Å². The SMILES string of the molecule is CCCCNC(=O)C(C)(CC(C)(C)C(C)(C)C(C)(CC(C)(C)C)C(=O)OCCNC(=O)CCCCC(S)CCS)C(C)(C)C. The van der Waals surface area contributed by atoms with Crippen molar-refractivity contribution in [2.24, 2.45) is 32.5 Å². The first-order chi connectivity index (χ1) is 19.9. The van der Waals surface area contributed by atoms with Crippen LogP contribution in [0.2, 0.25) is 0 Å². The maximum Gasteiger partial charge on any atom is 0.312 e. The van der Waals surface area contributed by atoms with E-state index >= 15 is 0 Å². The lowest BCUT2D eigenvalue weighted by Crippen LogP contribution is -2.57. The van der Waals surface area contributed by atoms with E-state index in [0.717, 1.165) is 44.3 Å². The number of nitrogens with one attached hydrogen (secondary N) is 2. The third-order valence-electron chi connectivity index (χ3n) is 10.5. The number of esters is 1. The van der Waals surface area contributed by atoms with E-state index in [1.165, 1.54) is 0 Å². The van der Waals surface area contributed by atoms with Crippen molar-refractivity contribution in [1.29, 1.82) is 0 Å². The Kier molecular flexibility index (Phi) is 17.5. The fourth-order valence-corrected chi connectivity index (χ4v) is 7.09. The van der Waals surface area contributed by atoms with E-state index in [-0.39, 0.29) is 41.8 Å². The van der Waals surface area contributed by atoms with Gasteiger partial charge in [0.05, 0.1) is 17.4 Å². The third kappa shape index (κ3) is 12.7. The molecule has 0 aromatic heterocycles. The molecule has 8 heteroatoms. The number of rotatable bonds is 20. The van der Waals surface area contributed by atoms with Crippen LogP contribution < -0.4 is 10.6 Å². The lowest BCUT2D eigenvalue weighted by atomic mass is 9.47. The molecule has 0 spiro atoms. The number of amides is 2. The molecule has 0 bridgehead atoms. The molecule has 3 unspecified atom stereocenters. The Hall–Kier alpha value is -0.890. The molecule has 0 heterocycles. The molecular formula is C36H70N2O4S2. The molecule has 0 aliphatic carbocycles. The van der Waals surface area contributed by atoms with Crippen LogP contribution in [0.1, 0.15) is 148 Å². The van der Waals surface area contributed by atoms with Crippen LogP contribution >= 0.6 is 25.3 Å². The Bertz CT molecular complexity index is 907. The van der Waals surface area contributed by atoms with E-state index < -0.39 is 21.7 Å². The average Bonchev–Trinajstić information content (AvgIpc) is 2.87. The van der Waals surface area contributed by atoms with Gasteiger partial charge in [-0.15, -0.1) is 0 Å². The van der Waals surface area contributed by atoms with Crippen LogP contribution in [0.5, 0.6) is 0 Å². The fraction of sp³-hybridized carbons (Fsp3) is 0.917. The van der Waals surface area contributed by atoms with Gasteiger partial charge in [-0.25, -0.2) is 0 Å². The summed E-state index contributed by atoms with van der Waals surface area (Å²) in [5.41, 5.74) is -2.88. The molecule has 2 N–H and O–H groups in total.